The number of ether oxygens (including phenoxy) is 1. The van der Waals surface area contributed by atoms with Gasteiger partial charge in [-0.2, -0.15) is 13.2 Å². The standard InChI is InChI=1S/C25H25F4NO3/c1-15-22(23(32)33-24(2,3)4)20(17-7-9-18(10-8-17)25(27,28)29)13-21(31)30(15)14-16-5-11-19(26)12-6-16/h5-12,20H,13-14H2,1-4H3. The Bertz CT molecular complexity index is 1060. The summed E-state index contributed by atoms with van der Waals surface area (Å²) in [4.78, 5) is 27.6. The van der Waals surface area contributed by atoms with Gasteiger partial charge in [0.05, 0.1) is 17.7 Å². The summed E-state index contributed by atoms with van der Waals surface area (Å²) in [7, 11) is 0. The fourth-order valence-electron chi connectivity index (χ4n) is 3.76. The first-order valence-electron chi connectivity index (χ1n) is 10.4. The van der Waals surface area contributed by atoms with Crippen LogP contribution in [-0.4, -0.2) is 22.4 Å². The van der Waals surface area contributed by atoms with Gasteiger partial charge in [0.15, 0.2) is 0 Å². The number of rotatable bonds is 4. The highest BCUT2D eigenvalue weighted by Crippen LogP contribution is 2.39. The highest BCUT2D eigenvalue weighted by Gasteiger charge is 2.38. The lowest BCUT2D eigenvalue weighted by Gasteiger charge is -2.35. The molecule has 176 valence electrons. The van der Waals surface area contributed by atoms with Crippen molar-refractivity contribution in [2.24, 2.45) is 0 Å². The van der Waals surface area contributed by atoms with Crippen LogP contribution in [-0.2, 0) is 27.0 Å². The van der Waals surface area contributed by atoms with Gasteiger partial charge in [-0.1, -0.05) is 24.3 Å². The van der Waals surface area contributed by atoms with Crippen LogP contribution in [0.5, 0.6) is 0 Å². The van der Waals surface area contributed by atoms with E-state index in [4.69, 9.17) is 4.74 Å². The van der Waals surface area contributed by atoms with Gasteiger partial charge in [0, 0.05) is 18.0 Å². The number of amides is 1. The molecular weight excluding hydrogens is 438 g/mol. The maximum absolute atomic E-state index is 13.3. The van der Waals surface area contributed by atoms with Crippen LogP contribution in [0.2, 0.25) is 0 Å². The van der Waals surface area contributed by atoms with Crippen molar-refractivity contribution in [3.8, 4) is 0 Å². The highest BCUT2D eigenvalue weighted by molar-refractivity contribution is 5.96. The second-order valence-electron chi connectivity index (χ2n) is 8.98. The third-order valence-corrected chi connectivity index (χ3v) is 5.34. The Morgan fingerprint density at radius 1 is 1.03 bits per heavy atom. The molecule has 0 saturated heterocycles. The molecule has 1 aliphatic rings. The Labute approximate surface area is 189 Å². The molecular formula is C25H25F4NO3. The first kappa shape index (κ1) is 24.5. The van der Waals surface area contributed by atoms with Gasteiger partial charge in [0.2, 0.25) is 5.91 Å². The van der Waals surface area contributed by atoms with E-state index in [1.165, 1.54) is 29.2 Å². The highest BCUT2D eigenvalue weighted by atomic mass is 19.4. The number of halogens is 4. The molecule has 0 radical (unpaired) electrons. The van der Waals surface area contributed by atoms with Gasteiger partial charge >= 0.3 is 12.1 Å². The molecule has 8 heteroatoms. The predicted molar refractivity (Wildman–Crippen MR) is 114 cm³/mol. The molecule has 0 bridgehead atoms. The maximum atomic E-state index is 13.3. The van der Waals surface area contributed by atoms with Crippen molar-refractivity contribution in [1.82, 2.24) is 4.90 Å². The average Bonchev–Trinajstić information content (AvgIpc) is 2.70. The quantitative estimate of drug-likeness (QED) is 0.414. The van der Waals surface area contributed by atoms with Crippen molar-refractivity contribution < 1.29 is 31.9 Å². The van der Waals surface area contributed by atoms with E-state index >= 15 is 0 Å². The van der Waals surface area contributed by atoms with Crippen LogP contribution in [0.1, 0.15) is 56.7 Å². The van der Waals surface area contributed by atoms with Crippen molar-refractivity contribution in [1.29, 1.82) is 0 Å². The van der Waals surface area contributed by atoms with E-state index in [-0.39, 0.29) is 24.4 Å². The second-order valence-corrected chi connectivity index (χ2v) is 8.98. The molecule has 33 heavy (non-hydrogen) atoms. The minimum absolute atomic E-state index is 0.113. The van der Waals surface area contributed by atoms with Gasteiger partial charge in [-0.3, -0.25) is 4.79 Å². The van der Waals surface area contributed by atoms with Crippen molar-refractivity contribution >= 4 is 11.9 Å². The van der Waals surface area contributed by atoms with Crippen LogP contribution in [0, 0.1) is 5.82 Å². The number of carbonyl (C=O) groups excluding carboxylic acids is 2. The molecule has 2 aromatic carbocycles. The molecule has 1 atom stereocenters. The van der Waals surface area contributed by atoms with Gasteiger partial charge in [-0.25, -0.2) is 9.18 Å². The summed E-state index contributed by atoms with van der Waals surface area (Å²) >= 11 is 0. The minimum atomic E-state index is -4.49. The summed E-state index contributed by atoms with van der Waals surface area (Å²) in [5.74, 6) is -2.09. The van der Waals surface area contributed by atoms with Gasteiger partial charge in [0.25, 0.3) is 0 Å². The zero-order chi connectivity index (χ0) is 24.6. The first-order valence-corrected chi connectivity index (χ1v) is 10.4. The van der Waals surface area contributed by atoms with Crippen molar-refractivity contribution in [3.05, 3.63) is 82.3 Å². The van der Waals surface area contributed by atoms with Crippen LogP contribution < -0.4 is 0 Å². The fraction of sp³-hybridized carbons (Fsp3) is 0.360. The number of carbonyl (C=O) groups is 2. The predicted octanol–water partition coefficient (Wildman–Crippen LogP) is 5.98. The smallest absolute Gasteiger partial charge is 0.416 e. The molecule has 0 N–H and O–H groups in total. The molecule has 1 aliphatic heterocycles. The van der Waals surface area contributed by atoms with Crippen molar-refractivity contribution in [2.45, 2.75) is 58.4 Å². The summed E-state index contributed by atoms with van der Waals surface area (Å²) in [5.41, 5.74) is 0.0312. The second kappa shape index (κ2) is 9.00. The summed E-state index contributed by atoms with van der Waals surface area (Å²) < 4.78 is 57.8. The summed E-state index contributed by atoms with van der Waals surface area (Å²) in [6.45, 7) is 6.85. The summed E-state index contributed by atoms with van der Waals surface area (Å²) in [5, 5.41) is 0. The topological polar surface area (TPSA) is 46.6 Å². The lowest BCUT2D eigenvalue weighted by atomic mass is 9.83. The molecule has 0 aliphatic carbocycles. The zero-order valence-corrected chi connectivity index (χ0v) is 18.8. The van der Waals surface area contributed by atoms with Crippen molar-refractivity contribution in [2.75, 3.05) is 0 Å². The van der Waals surface area contributed by atoms with Crippen molar-refractivity contribution in [3.63, 3.8) is 0 Å². The van der Waals surface area contributed by atoms with E-state index < -0.39 is 35.0 Å². The number of benzene rings is 2. The van der Waals surface area contributed by atoms with E-state index in [1.54, 1.807) is 39.8 Å². The van der Waals surface area contributed by atoms with Crippen LogP contribution in [0.15, 0.2) is 59.8 Å². The summed E-state index contributed by atoms with van der Waals surface area (Å²) in [6.07, 6.45) is -4.61. The molecule has 1 amide bonds. The van der Waals surface area contributed by atoms with E-state index in [9.17, 15) is 27.2 Å². The molecule has 2 aromatic rings. The lowest BCUT2D eigenvalue weighted by Crippen LogP contribution is -2.39. The Morgan fingerprint density at radius 3 is 2.12 bits per heavy atom. The van der Waals surface area contributed by atoms with E-state index in [1.807, 2.05) is 0 Å². The SMILES string of the molecule is CC1=C(C(=O)OC(C)(C)C)C(c2ccc(C(F)(F)F)cc2)CC(=O)N1Cc1ccc(F)cc1. The Hall–Kier alpha value is -3.16. The molecule has 0 saturated carbocycles. The monoisotopic (exact) mass is 463 g/mol. The fourth-order valence-corrected chi connectivity index (χ4v) is 3.76. The minimum Gasteiger partial charge on any atom is -0.457 e. The third kappa shape index (κ3) is 5.80. The molecule has 1 heterocycles. The number of hydrogen-bond acceptors (Lipinski definition) is 3. The van der Waals surface area contributed by atoms with Crippen LogP contribution in [0.25, 0.3) is 0 Å². The third-order valence-electron chi connectivity index (χ3n) is 5.34. The number of esters is 1. The number of allylic oxidation sites excluding steroid dienone is 1. The Kier molecular flexibility index (Phi) is 6.68. The Balaban J connectivity index is 2.03. The molecule has 0 aromatic heterocycles. The lowest BCUT2D eigenvalue weighted by molar-refractivity contribution is -0.151. The number of nitrogens with zero attached hydrogens (tertiary/aromatic N) is 1. The van der Waals surface area contributed by atoms with Crippen LogP contribution in [0.4, 0.5) is 17.6 Å². The van der Waals surface area contributed by atoms with E-state index in [2.05, 4.69) is 0 Å². The normalized spacial score (nSPS) is 17.4. The molecule has 0 spiro atoms. The van der Waals surface area contributed by atoms with Gasteiger partial charge in [-0.15, -0.1) is 0 Å². The molecule has 3 rings (SSSR count). The van der Waals surface area contributed by atoms with Crippen LogP contribution >= 0.6 is 0 Å². The van der Waals surface area contributed by atoms with E-state index in [0.29, 0.717) is 16.8 Å². The zero-order valence-electron chi connectivity index (χ0n) is 18.8. The van der Waals surface area contributed by atoms with Gasteiger partial charge in [-0.05, 0) is 63.1 Å². The van der Waals surface area contributed by atoms with E-state index in [0.717, 1.165) is 12.1 Å². The summed E-state index contributed by atoms with van der Waals surface area (Å²) in [6, 6.07) is 10.1. The molecule has 4 nitrogen and oxygen atoms in total. The molecule has 1 unspecified atom stereocenters. The molecule has 0 fully saturated rings. The number of alkyl halides is 3. The average molecular weight is 463 g/mol. The van der Waals surface area contributed by atoms with Gasteiger partial charge in [0.1, 0.15) is 11.4 Å². The maximum Gasteiger partial charge on any atom is 0.416 e. The first-order chi connectivity index (χ1) is 15.3. The number of hydrogen-bond donors (Lipinski definition) is 0. The Morgan fingerprint density at radius 2 is 1.61 bits per heavy atom. The van der Waals surface area contributed by atoms with Crippen LogP contribution in [0.3, 0.4) is 0 Å². The van der Waals surface area contributed by atoms with Gasteiger partial charge < -0.3 is 9.64 Å². The largest absolute Gasteiger partial charge is 0.457 e.